The zero-order valence-electron chi connectivity index (χ0n) is 17.4. The molecule has 0 fully saturated rings. The normalized spacial score (nSPS) is 10.8. The topological polar surface area (TPSA) is 63.1 Å². The van der Waals surface area contributed by atoms with Gasteiger partial charge in [-0.3, -0.25) is 9.36 Å². The van der Waals surface area contributed by atoms with E-state index in [-0.39, 0.29) is 11.7 Å². The summed E-state index contributed by atoms with van der Waals surface area (Å²) in [5, 5.41) is 14.5. The smallest absolute Gasteiger partial charge is 0.234 e. The van der Waals surface area contributed by atoms with Gasteiger partial charge >= 0.3 is 0 Å². The fourth-order valence-electron chi connectivity index (χ4n) is 3.06. The lowest BCUT2D eigenvalue weighted by Crippen LogP contribution is -2.15. The van der Waals surface area contributed by atoms with Crippen LogP contribution in [0.15, 0.2) is 77.3 Å². The highest BCUT2D eigenvalue weighted by Gasteiger charge is 2.17. The molecule has 0 saturated heterocycles. The second-order valence-electron chi connectivity index (χ2n) is 7.13. The number of carbonyl (C=O) groups is 1. The van der Waals surface area contributed by atoms with Crippen LogP contribution in [-0.4, -0.2) is 40.5 Å². The highest BCUT2D eigenvalue weighted by molar-refractivity contribution is 7.99. The van der Waals surface area contributed by atoms with E-state index in [0.717, 1.165) is 32.8 Å². The summed E-state index contributed by atoms with van der Waals surface area (Å²) in [5.41, 5.74) is 3.02. The summed E-state index contributed by atoms with van der Waals surface area (Å²) >= 11 is 3.02. The minimum Gasteiger partial charge on any atom is -0.378 e. The van der Waals surface area contributed by atoms with Crippen LogP contribution < -0.4 is 10.2 Å². The molecule has 2 heterocycles. The zero-order chi connectivity index (χ0) is 21.6. The van der Waals surface area contributed by atoms with Gasteiger partial charge in [-0.05, 0) is 41.3 Å². The Morgan fingerprint density at radius 3 is 2.48 bits per heavy atom. The summed E-state index contributed by atoms with van der Waals surface area (Å²) in [7, 11) is 3.97. The van der Waals surface area contributed by atoms with Gasteiger partial charge in [-0.2, -0.15) is 0 Å². The van der Waals surface area contributed by atoms with Gasteiger partial charge in [0.1, 0.15) is 0 Å². The number of hydrogen-bond donors (Lipinski definition) is 1. The first-order chi connectivity index (χ1) is 15.1. The van der Waals surface area contributed by atoms with Crippen molar-refractivity contribution in [2.45, 2.75) is 11.7 Å². The van der Waals surface area contributed by atoms with Gasteiger partial charge in [0.05, 0.1) is 17.2 Å². The molecule has 0 aliphatic rings. The molecule has 0 bridgehead atoms. The van der Waals surface area contributed by atoms with E-state index in [1.165, 1.54) is 11.8 Å². The van der Waals surface area contributed by atoms with Crippen molar-refractivity contribution in [3.05, 3.63) is 77.7 Å². The summed E-state index contributed by atoms with van der Waals surface area (Å²) in [6, 6.07) is 22.0. The third kappa shape index (κ3) is 5.34. The Bertz CT molecular complexity index is 1120. The summed E-state index contributed by atoms with van der Waals surface area (Å²) in [6.07, 6.45) is 0. The number of thiophene rings is 1. The second kappa shape index (κ2) is 9.80. The predicted octanol–water partition coefficient (Wildman–Crippen LogP) is 4.85. The Balaban J connectivity index is 1.47. The van der Waals surface area contributed by atoms with Gasteiger partial charge in [-0.25, -0.2) is 0 Å². The molecule has 0 aliphatic carbocycles. The van der Waals surface area contributed by atoms with Crippen LogP contribution >= 0.6 is 23.1 Å². The van der Waals surface area contributed by atoms with Crippen LogP contribution in [0.4, 0.5) is 11.4 Å². The number of benzene rings is 2. The Morgan fingerprint density at radius 1 is 1.03 bits per heavy atom. The molecule has 6 nitrogen and oxygen atoms in total. The molecule has 0 saturated carbocycles. The molecule has 2 aromatic carbocycles. The molecule has 1 N–H and O–H groups in total. The number of anilines is 2. The Morgan fingerprint density at radius 2 is 1.81 bits per heavy atom. The molecule has 31 heavy (non-hydrogen) atoms. The number of hydrogen-bond acceptors (Lipinski definition) is 6. The molecule has 0 radical (unpaired) electrons. The van der Waals surface area contributed by atoms with Crippen molar-refractivity contribution in [3.8, 4) is 10.7 Å². The lowest BCUT2D eigenvalue weighted by atomic mass is 10.2. The Hall–Kier alpha value is -3.10. The van der Waals surface area contributed by atoms with E-state index in [2.05, 4.69) is 32.2 Å². The molecule has 0 spiro atoms. The average molecular weight is 450 g/mol. The first kappa shape index (κ1) is 21.1. The average Bonchev–Trinajstić information content (AvgIpc) is 3.43. The van der Waals surface area contributed by atoms with Gasteiger partial charge in [0, 0.05) is 25.5 Å². The van der Waals surface area contributed by atoms with Crippen LogP contribution in [0.3, 0.4) is 0 Å². The van der Waals surface area contributed by atoms with Crippen LogP contribution in [-0.2, 0) is 11.3 Å². The second-order valence-corrected chi connectivity index (χ2v) is 9.02. The van der Waals surface area contributed by atoms with E-state index < -0.39 is 0 Å². The maximum absolute atomic E-state index is 12.5. The molecule has 8 heteroatoms. The van der Waals surface area contributed by atoms with Gasteiger partial charge in [0.2, 0.25) is 5.91 Å². The van der Waals surface area contributed by atoms with Gasteiger partial charge in [-0.1, -0.05) is 48.2 Å². The predicted molar refractivity (Wildman–Crippen MR) is 129 cm³/mol. The fourth-order valence-corrected chi connectivity index (χ4v) is 4.52. The monoisotopic (exact) mass is 449 g/mol. The largest absolute Gasteiger partial charge is 0.378 e. The molecule has 2 aromatic heterocycles. The minimum atomic E-state index is -0.0745. The van der Waals surface area contributed by atoms with Crippen LogP contribution in [0.5, 0.6) is 0 Å². The van der Waals surface area contributed by atoms with Crippen molar-refractivity contribution in [1.82, 2.24) is 14.8 Å². The lowest BCUT2D eigenvalue weighted by molar-refractivity contribution is -0.113. The molecular weight excluding hydrogens is 426 g/mol. The van der Waals surface area contributed by atoms with E-state index in [0.29, 0.717) is 6.54 Å². The van der Waals surface area contributed by atoms with Gasteiger partial charge < -0.3 is 10.2 Å². The number of carbonyl (C=O) groups excluding carboxylic acids is 1. The molecule has 158 valence electrons. The quantitative estimate of drug-likeness (QED) is 0.390. The highest BCUT2D eigenvalue weighted by Crippen LogP contribution is 2.28. The summed E-state index contributed by atoms with van der Waals surface area (Å²) in [5.74, 6) is 1.00. The number of rotatable bonds is 8. The van der Waals surface area contributed by atoms with Crippen molar-refractivity contribution in [2.24, 2.45) is 0 Å². The first-order valence-corrected chi connectivity index (χ1v) is 11.7. The number of nitrogens with zero attached hydrogens (tertiary/aromatic N) is 4. The van der Waals surface area contributed by atoms with E-state index in [4.69, 9.17) is 0 Å². The standard InChI is InChI=1S/C23H23N5OS2/c1-27(2)19-12-10-18(11-13-19)24-21(29)16-31-23-26-25-22(20-9-6-14-30-20)28(23)15-17-7-4-3-5-8-17/h3-14H,15-16H2,1-2H3,(H,24,29). The molecule has 4 aromatic rings. The maximum atomic E-state index is 12.5. The zero-order valence-corrected chi connectivity index (χ0v) is 19.0. The van der Waals surface area contributed by atoms with Crippen LogP contribution in [0, 0.1) is 0 Å². The summed E-state index contributed by atoms with van der Waals surface area (Å²) in [4.78, 5) is 15.6. The Kier molecular flexibility index (Phi) is 6.69. The van der Waals surface area contributed by atoms with Crippen LogP contribution in [0.1, 0.15) is 5.56 Å². The first-order valence-electron chi connectivity index (χ1n) is 9.81. The number of thioether (sulfide) groups is 1. The van der Waals surface area contributed by atoms with E-state index in [1.807, 2.05) is 79.0 Å². The third-order valence-corrected chi connectivity index (χ3v) is 6.47. The summed E-state index contributed by atoms with van der Waals surface area (Å²) in [6.45, 7) is 0.650. The molecular formula is C23H23N5OS2. The lowest BCUT2D eigenvalue weighted by Gasteiger charge is -2.13. The van der Waals surface area contributed by atoms with Crippen molar-refractivity contribution in [2.75, 3.05) is 30.1 Å². The minimum absolute atomic E-state index is 0.0745. The van der Waals surface area contributed by atoms with Gasteiger partial charge in [0.25, 0.3) is 0 Å². The van der Waals surface area contributed by atoms with Crippen molar-refractivity contribution in [3.63, 3.8) is 0 Å². The van der Waals surface area contributed by atoms with Crippen LogP contribution in [0.25, 0.3) is 10.7 Å². The van der Waals surface area contributed by atoms with Crippen molar-refractivity contribution in [1.29, 1.82) is 0 Å². The maximum Gasteiger partial charge on any atom is 0.234 e. The Labute approximate surface area is 189 Å². The number of amides is 1. The fraction of sp³-hybridized carbons (Fsp3) is 0.174. The molecule has 0 unspecified atom stereocenters. The van der Waals surface area contributed by atoms with E-state index in [9.17, 15) is 4.79 Å². The van der Waals surface area contributed by atoms with E-state index >= 15 is 0 Å². The van der Waals surface area contributed by atoms with Gasteiger partial charge in [-0.15, -0.1) is 21.5 Å². The number of aromatic nitrogens is 3. The van der Waals surface area contributed by atoms with E-state index in [1.54, 1.807) is 11.3 Å². The molecule has 0 atom stereocenters. The SMILES string of the molecule is CN(C)c1ccc(NC(=O)CSc2nnc(-c3cccs3)n2Cc2ccccc2)cc1. The molecule has 4 rings (SSSR count). The molecule has 0 aliphatic heterocycles. The molecule has 1 amide bonds. The summed E-state index contributed by atoms with van der Waals surface area (Å²) < 4.78 is 2.07. The van der Waals surface area contributed by atoms with Crippen molar-refractivity contribution >= 4 is 40.4 Å². The van der Waals surface area contributed by atoms with Crippen molar-refractivity contribution < 1.29 is 4.79 Å². The van der Waals surface area contributed by atoms with Gasteiger partial charge in [0.15, 0.2) is 11.0 Å². The highest BCUT2D eigenvalue weighted by atomic mass is 32.2. The van der Waals surface area contributed by atoms with Crippen LogP contribution in [0.2, 0.25) is 0 Å². The third-order valence-electron chi connectivity index (χ3n) is 4.64. The number of nitrogens with one attached hydrogen (secondary N) is 1.